The molecule has 4 nitrogen and oxygen atoms in total. The number of amides is 2. The van der Waals surface area contributed by atoms with Crippen molar-refractivity contribution in [3.8, 4) is 5.75 Å². The Labute approximate surface area is 121 Å². The van der Waals surface area contributed by atoms with Gasteiger partial charge in [-0.15, -0.1) is 0 Å². The number of carbonyl (C=O) groups excluding carboxylic acids is 1. The number of rotatable bonds is 8. The molecule has 20 heavy (non-hydrogen) atoms. The molecule has 2 amide bonds. The van der Waals surface area contributed by atoms with E-state index in [1.165, 1.54) is 19.3 Å². The fourth-order valence-corrected chi connectivity index (χ4v) is 2.08. The molecule has 0 spiro atoms. The number of urea groups is 1. The van der Waals surface area contributed by atoms with E-state index in [0.29, 0.717) is 11.4 Å². The minimum absolute atomic E-state index is 0.182. The van der Waals surface area contributed by atoms with Crippen LogP contribution in [0.1, 0.15) is 46.0 Å². The van der Waals surface area contributed by atoms with Gasteiger partial charge in [0, 0.05) is 6.04 Å². The molecule has 0 aliphatic rings. The largest absolute Gasteiger partial charge is 0.495 e. The Morgan fingerprint density at radius 2 is 2.00 bits per heavy atom. The fourth-order valence-electron chi connectivity index (χ4n) is 2.08. The third-order valence-corrected chi connectivity index (χ3v) is 3.22. The number of hydrogen-bond acceptors (Lipinski definition) is 2. The van der Waals surface area contributed by atoms with Crippen molar-refractivity contribution >= 4 is 11.7 Å². The van der Waals surface area contributed by atoms with Gasteiger partial charge < -0.3 is 15.4 Å². The molecule has 0 saturated carbocycles. The van der Waals surface area contributed by atoms with E-state index in [0.717, 1.165) is 12.8 Å². The van der Waals surface area contributed by atoms with E-state index in [4.69, 9.17) is 4.74 Å². The van der Waals surface area contributed by atoms with Gasteiger partial charge in [0.15, 0.2) is 0 Å². The topological polar surface area (TPSA) is 50.4 Å². The molecule has 1 rings (SSSR count). The van der Waals surface area contributed by atoms with Gasteiger partial charge in [-0.25, -0.2) is 4.79 Å². The van der Waals surface area contributed by atoms with Crippen LogP contribution in [0, 0.1) is 0 Å². The van der Waals surface area contributed by atoms with E-state index in [1.54, 1.807) is 7.11 Å². The SMILES string of the molecule is CCCCCCC(C)NC(=O)Nc1ccccc1OC. The van der Waals surface area contributed by atoms with E-state index < -0.39 is 0 Å². The highest BCUT2D eigenvalue weighted by Gasteiger charge is 2.09. The second kappa shape index (κ2) is 9.23. The zero-order valence-corrected chi connectivity index (χ0v) is 12.7. The highest BCUT2D eigenvalue weighted by atomic mass is 16.5. The number of carbonyl (C=O) groups is 1. The van der Waals surface area contributed by atoms with Crippen molar-refractivity contribution in [1.29, 1.82) is 0 Å². The first-order valence-electron chi connectivity index (χ1n) is 7.38. The molecule has 0 saturated heterocycles. The van der Waals surface area contributed by atoms with Crippen LogP contribution < -0.4 is 15.4 Å². The molecule has 2 N–H and O–H groups in total. The molecule has 0 fully saturated rings. The summed E-state index contributed by atoms with van der Waals surface area (Å²) in [7, 11) is 1.59. The minimum atomic E-state index is -0.183. The van der Waals surface area contributed by atoms with Gasteiger partial charge in [-0.05, 0) is 25.5 Å². The van der Waals surface area contributed by atoms with Crippen LogP contribution in [-0.4, -0.2) is 19.2 Å². The molecule has 0 aromatic heterocycles. The number of hydrogen-bond donors (Lipinski definition) is 2. The molecular formula is C16H26N2O2. The third-order valence-electron chi connectivity index (χ3n) is 3.22. The van der Waals surface area contributed by atoms with Gasteiger partial charge in [0.25, 0.3) is 0 Å². The lowest BCUT2D eigenvalue weighted by molar-refractivity contribution is 0.248. The van der Waals surface area contributed by atoms with E-state index >= 15 is 0 Å². The fraction of sp³-hybridized carbons (Fsp3) is 0.562. The normalized spacial score (nSPS) is 11.8. The molecule has 0 radical (unpaired) electrons. The van der Waals surface area contributed by atoms with Crippen molar-refractivity contribution < 1.29 is 9.53 Å². The first kappa shape index (κ1) is 16.3. The monoisotopic (exact) mass is 278 g/mol. The second-order valence-corrected chi connectivity index (χ2v) is 5.05. The van der Waals surface area contributed by atoms with Crippen molar-refractivity contribution in [3.05, 3.63) is 24.3 Å². The minimum Gasteiger partial charge on any atom is -0.495 e. The summed E-state index contributed by atoms with van der Waals surface area (Å²) >= 11 is 0. The van der Waals surface area contributed by atoms with Crippen LogP contribution in [-0.2, 0) is 0 Å². The first-order chi connectivity index (χ1) is 9.67. The van der Waals surface area contributed by atoms with E-state index in [9.17, 15) is 4.79 Å². The second-order valence-electron chi connectivity index (χ2n) is 5.05. The van der Waals surface area contributed by atoms with Crippen LogP contribution in [0.25, 0.3) is 0 Å². The highest BCUT2D eigenvalue weighted by Crippen LogP contribution is 2.22. The maximum atomic E-state index is 11.9. The van der Waals surface area contributed by atoms with Gasteiger partial charge in [-0.3, -0.25) is 0 Å². The Kier molecular flexibility index (Phi) is 7.55. The van der Waals surface area contributed by atoms with Gasteiger partial charge >= 0.3 is 6.03 Å². The number of unbranched alkanes of at least 4 members (excludes halogenated alkanes) is 3. The zero-order valence-electron chi connectivity index (χ0n) is 12.7. The van der Waals surface area contributed by atoms with Crippen LogP contribution >= 0.6 is 0 Å². The van der Waals surface area contributed by atoms with Crippen LogP contribution in [0.3, 0.4) is 0 Å². The Hall–Kier alpha value is -1.71. The van der Waals surface area contributed by atoms with Crippen molar-refractivity contribution in [3.63, 3.8) is 0 Å². The molecule has 1 unspecified atom stereocenters. The molecule has 0 aliphatic heterocycles. The van der Waals surface area contributed by atoms with Gasteiger partial charge in [0.2, 0.25) is 0 Å². The number of anilines is 1. The van der Waals surface area contributed by atoms with Crippen molar-refractivity contribution in [1.82, 2.24) is 5.32 Å². The predicted molar refractivity (Wildman–Crippen MR) is 83.4 cm³/mol. The highest BCUT2D eigenvalue weighted by molar-refractivity contribution is 5.91. The molecular weight excluding hydrogens is 252 g/mol. The number of methoxy groups -OCH3 is 1. The van der Waals surface area contributed by atoms with Gasteiger partial charge in [-0.2, -0.15) is 0 Å². The average Bonchev–Trinajstić information content (AvgIpc) is 2.44. The standard InChI is InChI=1S/C16H26N2O2/c1-4-5-6-7-10-13(2)17-16(19)18-14-11-8-9-12-15(14)20-3/h8-9,11-13H,4-7,10H2,1-3H3,(H2,17,18,19). The van der Waals surface area contributed by atoms with Crippen LogP contribution in [0.4, 0.5) is 10.5 Å². The first-order valence-corrected chi connectivity index (χ1v) is 7.38. The summed E-state index contributed by atoms with van der Waals surface area (Å²) in [6.45, 7) is 4.23. The molecule has 1 atom stereocenters. The molecule has 0 heterocycles. The van der Waals surface area contributed by atoms with Crippen LogP contribution in [0.5, 0.6) is 5.75 Å². The lowest BCUT2D eigenvalue weighted by Crippen LogP contribution is -2.36. The maximum Gasteiger partial charge on any atom is 0.319 e. The quantitative estimate of drug-likeness (QED) is 0.701. The Bertz CT molecular complexity index is 407. The van der Waals surface area contributed by atoms with E-state index in [-0.39, 0.29) is 12.1 Å². The summed E-state index contributed by atoms with van der Waals surface area (Å²) in [5.74, 6) is 0.665. The Morgan fingerprint density at radius 3 is 2.70 bits per heavy atom. The predicted octanol–water partition coefficient (Wildman–Crippen LogP) is 4.18. The van der Waals surface area contributed by atoms with E-state index in [2.05, 4.69) is 17.6 Å². The maximum absolute atomic E-state index is 11.9. The summed E-state index contributed by atoms with van der Waals surface area (Å²) in [6, 6.07) is 7.39. The van der Waals surface area contributed by atoms with Gasteiger partial charge in [0.05, 0.1) is 12.8 Å². The number of nitrogens with one attached hydrogen (secondary N) is 2. The summed E-state index contributed by atoms with van der Waals surface area (Å²) in [5, 5.41) is 5.77. The summed E-state index contributed by atoms with van der Waals surface area (Å²) in [4.78, 5) is 11.9. The van der Waals surface area contributed by atoms with Crippen molar-refractivity contribution in [2.45, 2.75) is 52.0 Å². The number of ether oxygens (including phenoxy) is 1. The lowest BCUT2D eigenvalue weighted by Gasteiger charge is -2.15. The van der Waals surface area contributed by atoms with Crippen LogP contribution in [0.15, 0.2) is 24.3 Å². The van der Waals surface area contributed by atoms with Crippen molar-refractivity contribution in [2.75, 3.05) is 12.4 Å². The average molecular weight is 278 g/mol. The molecule has 0 bridgehead atoms. The number of benzene rings is 1. The number of para-hydroxylation sites is 2. The molecule has 1 aromatic carbocycles. The van der Waals surface area contributed by atoms with Gasteiger partial charge in [0.1, 0.15) is 5.75 Å². The Balaban J connectivity index is 2.35. The third kappa shape index (κ3) is 5.95. The molecule has 0 aliphatic carbocycles. The van der Waals surface area contributed by atoms with Crippen molar-refractivity contribution in [2.24, 2.45) is 0 Å². The smallest absolute Gasteiger partial charge is 0.319 e. The summed E-state index contributed by atoms with van der Waals surface area (Å²) in [6.07, 6.45) is 5.90. The molecule has 4 heteroatoms. The molecule has 112 valence electrons. The summed E-state index contributed by atoms with van der Waals surface area (Å²) < 4.78 is 5.20. The van der Waals surface area contributed by atoms with Gasteiger partial charge in [-0.1, -0.05) is 44.7 Å². The van der Waals surface area contributed by atoms with E-state index in [1.807, 2.05) is 31.2 Å². The lowest BCUT2D eigenvalue weighted by atomic mass is 10.1. The Morgan fingerprint density at radius 1 is 1.25 bits per heavy atom. The molecule has 1 aromatic rings. The summed E-state index contributed by atoms with van der Waals surface area (Å²) in [5.41, 5.74) is 0.686. The van der Waals surface area contributed by atoms with Crippen LogP contribution in [0.2, 0.25) is 0 Å². The zero-order chi connectivity index (χ0) is 14.8.